The van der Waals surface area contributed by atoms with Crippen molar-refractivity contribution in [3.05, 3.63) is 79.1 Å². The zero-order valence-electron chi connectivity index (χ0n) is 19.3. The van der Waals surface area contributed by atoms with E-state index in [0.29, 0.717) is 17.2 Å². The zero-order chi connectivity index (χ0) is 24.5. The molecule has 10 heteroatoms. The van der Waals surface area contributed by atoms with Crippen LogP contribution in [0.1, 0.15) is 0 Å². The molecule has 5 aromatic rings. The molecule has 0 radical (unpaired) electrons. The van der Waals surface area contributed by atoms with E-state index in [-0.39, 0.29) is 11.8 Å². The Bertz CT molecular complexity index is 1520. The van der Waals surface area contributed by atoms with Crippen LogP contribution in [0.4, 0.5) is 14.9 Å². The minimum absolute atomic E-state index is 0.126. The smallest absolute Gasteiger partial charge is 0.321 e. The van der Waals surface area contributed by atoms with Gasteiger partial charge in [0.25, 0.3) is 0 Å². The van der Waals surface area contributed by atoms with Crippen LogP contribution in [0.15, 0.2) is 73.3 Å². The van der Waals surface area contributed by atoms with Crippen molar-refractivity contribution in [2.45, 2.75) is 0 Å². The van der Waals surface area contributed by atoms with Crippen LogP contribution < -0.4 is 10.1 Å². The Morgan fingerprint density at radius 3 is 2.54 bits per heavy atom. The summed E-state index contributed by atoms with van der Waals surface area (Å²) in [6, 6.07) is 15.7. The van der Waals surface area contributed by atoms with Gasteiger partial charge < -0.3 is 15.0 Å². The second kappa shape index (κ2) is 8.90. The Balaban J connectivity index is 1.51. The third-order valence-electron chi connectivity index (χ3n) is 5.53. The third kappa shape index (κ3) is 4.17. The average molecular weight is 471 g/mol. The lowest BCUT2D eigenvalue weighted by Gasteiger charge is -2.12. The molecule has 0 aliphatic rings. The molecule has 176 valence electrons. The van der Waals surface area contributed by atoms with Gasteiger partial charge in [0.05, 0.1) is 24.7 Å². The summed E-state index contributed by atoms with van der Waals surface area (Å²) in [5, 5.41) is 7.15. The Kier molecular flexibility index (Phi) is 5.61. The number of nitrogens with one attached hydrogen (secondary N) is 1. The van der Waals surface area contributed by atoms with Gasteiger partial charge in [-0.2, -0.15) is 5.10 Å². The minimum atomic E-state index is -0.449. The molecule has 3 heterocycles. The van der Waals surface area contributed by atoms with Crippen LogP contribution in [-0.2, 0) is 0 Å². The van der Waals surface area contributed by atoms with Crippen molar-refractivity contribution >= 4 is 17.4 Å². The molecular formula is C25H22FN7O2. The van der Waals surface area contributed by atoms with Crippen LogP contribution in [0.2, 0.25) is 0 Å². The highest BCUT2D eigenvalue weighted by Crippen LogP contribution is 2.28. The molecule has 0 fully saturated rings. The number of fused-ring (bicyclic) bond motifs is 1. The number of ether oxygens (including phenoxy) is 1. The Hall–Kier alpha value is -4.73. The first-order chi connectivity index (χ1) is 16.9. The summed E-state index contributed by atoms with van der Waals surface area (Å²) in [6.07, 6.45) is 5.17. The van der Waals surface area contributed by atoms with Crippen LogP contribution in [-0.4, -0.2) is 56.3 Å². The summed E-state index contributed by atoms with van der Waals surface area (Å²) in [4.78, 5) is 22.3. The number of methoxy groups -OCH3 is 1. The van der Waals surface area contributed by atoms with Crippen molar-refractivity contribution in [1.29, 1.82) is 0 Å². The number of carbonyl (C=O) groups is 1. The predicted octanol–water partition coefficient (Wildman–Crippen LogP) is 4.49. The predicted molar refractivity (Wildman–Crippen MR) is 130 cm³/mol. The Morgan fingerprint density at radius 2 is 1.80 bits per heavy atom. The molecule has 0 spiro atoms. The minimum Gasteiger partial charge on any atom is -0.494 e. The summed E-state index contributed by atoms with van der Waals surface area (Å²) in [6.45, 7) is 0. The maximum atomic E-state index is 13.9. The Morgan fingerprint density at radius 1 is 1.03 bits per heavy atom. The van der Waals surface area contributed by atoms with Gasteiger partial charge in [-0.3, -0.25) is 4.40 Å². The summed E-state index contributed by atoms with van der Waals surface area (Å²) < 4.78 is 22.6. The van der Waals surface area contributed by atoms with E-state index in [2.05, 4.69) is 20.4 Å². The molecule has 3 aromatic heterocycles. The second-order valence-corrected chi connectivity index (χ2v) is 8.01. The summed E-state index contributed by atoms with van der Waals surface area (Å²) in [5.74, 6) is 0.262. The highest BCUT2D eigenvalue weighted by Gasteiger charge is 2.14. The lowest BCUT2D eigenvalue weighted by Crippen LogP contribution is -2.27. The van der Waals surface area contributed by atoms with E-state index in [1.807, 2.05) is 47.0 Å². The molecule has 2 aromatic carbocycles. The van der Waals surface area contributed by atoms with Crippen molar-refractivity contribution in [2.24, 2.45) is 0 Å². The second-order valence-electron chi connectivity index (χ2n) is 8.01. The topological polar surface area (TPSA) is 89.6 Å². The average Bonchev–Trinajstić information content (AvgIpc) is 3.52. The summed E-state index contributed by atoms with van der Waals surface area (Å²) in [5.41, 5.74) is 4.70. The van der Waals surface area contributed by atoms with Crippen LogP contribution in [0.5, 0.6) is 5.75 Å². The van der Waals surface area contributed by atoms with Gasteiger partial charge in [-0.05, 0) is 36.4 Å². The van der Waals surface area contributed by atoms with E-state index >= 15 is 0 Å². The lowest BCUT2D eigenvalue weighted by atomic mass is 10.1. The van der Waals surface area contributed by atoms with Gasteiger partial charge in [-0.1, -0.05) is 12.1 Å². The first-order valence-electron chi connectivity index (χ1n) is 10.7. The van der Waals surface area contributed by atoms with Gasteiger partial charge in [-0.25, -0.2) is 23.8 Å². The van der Waals surface area contributed by atoms with Crippen molar-refractivity contribution in [3.8, 4) is 34.1 Å². The molecule has 0 unspecified atom stereocenters. The Labute approximate surface area is 200 Å². The molecule has 0 aliphatic carbocycles. The first-order valence-corrected chi connectivity index (χ1v) is 10.7. The van der Waals surface area contributed by atoms with Crippen LogP contribution in [0.3, 0.4) is 0 Å². The largest absolute Gasteiger partial charge is 0.494 e. The van der Waals surface area contributed by atoms with Gasteiger partial charge >= 0.3 is 6.03 Å². The number of hydrogen-bond acceptors (Lipinski definition) is 5. The number of halogens is 1. The number of rotatable bonds is 5. The SMILES string of the molecule is COc1cc(-n2ncnc2-c2ccc3ncc(-c4ccc(NC(=O)N(C)C)cc4)n3c2)ccc1F. The number of amides is 2. The van der Waals surface area contributed by atoms with E-state index in [1.54, 1.807) is 37.1 Å². The normalized spacial score (nSPS) is 11.0. The summed E-state index contributed by atoms with van der Waals surface area (Å²) >= 11 is 0. The van der Waals surface area contributed by atoms with Crippen molar-refractivity contribution in [1.82, 2.24) is 29.0 Å². The lowest BCUT2D eigenvalue weighted by molar-refractivity contribution is 0.230. The van der Waals surface area contributed by atoms with Gasteiger partial charge in [0.2, 0.25) is 0 Å². The van der Waals surface area contributed by atoms with Crippen molar-refractivity contribution in [3.63, 3.8) is 0 Å². The number of carbonyl (C=O) groups excluding carboxylic acids is 1. The fourth-order valence-electron chi connectivity index (χ4n) is 3.69. The van der Waals surface area contributed by atoms with Gasteiger partial charge in [0, 0.05) is 43.2 Å². The molecule has 0 atom stereocenters. The maximum absolute atomic E-state index is 13.9. The number of anilines is 1. The van der Waals surface area contributed by atoms with Gasteiger partial charge in [0.15, 0.2) is 17.4 Å². The molecule has 0 saturated carbocycles. The third-order valence-corrected chi connectivity index (χ3v) is 5.53. The molecule has 0 bridgehead atoms. The van der Waals surface area contributed by atoms with Gasteiger partial charge in [0.1, 0.15) is 12.0 Å². The number of benzene rings is 2. The van der Waals surface area contributed by atoms with Crippen molar-refractivity contribution in [2.75, 3.05) is 26.5 Å². The fourth-order valence-corrected chi connectivity index (χ4v) is 3.69. The van der Waals surface area contributed by atoms with Gasteiger partial charge in [-0.15, -0.1) is 0 Å². The standard InChI is InChI=1S/C25H22FN7O2/c1-31(2)25(34)30-18-7-4-16(5-8-18)21-13-27-23-11-6-17(14-32(21)23)24-28-15-29-33(24)19-9-10-20(26)22(12-19)35-3/h4-15H,1-3H3,(H,30,34). The maximum Gasteiger partial charge on any atom is 0.321 e. The van der Waals surface area contributed by atoms with Crippen LogP contribution in [0.25, 0.3) is 34.0 Å². The molecule has 2 amide bonds. The van der Waals surface area contributed by atoms with Crippen LogP contribution in [0, 0.1) is 5.82 Å². The number of nitrogens with zero attached hydrogens (tertiary/aromatic N) is 6. The monoisotopic (exact) mass is 471 g/mol. The molecule has 1 N–H and O–H groups in total. The molecule has 5 rings (SSSR count). The van der Waals surface area contributed by atoms with E-state index in [0.717, 1.165) is 22.5 Å². The number of imidazole rings is 1. The fraction of sp³-hybridized carbons (Fsp3) is 0.120. The van der Waals surface area contributed by atoms with Crippen LogP contribution >= 0.6 is 0 Å². The number of pyridine rings is 1. The molecule has 0 saturated heterocycles. The molecular weight excluding hydrogens is 449 g/mol. The quantitative estimate of drug-likeness (QED) is 0.408. The van der Waals surface area contributed by atoms with E-state index in [1.165, 1.54) is 24.4 Å². The molecule has 35 heavy (non-hydrogen) atoms. The van der Waals surface area contributed by atoms with E-state index < -0.39 is 5.82 Å². The number of urea groups is 1. The van der Waals surface area contributed by atoms with Crippen molar-refractivity contribution < 1.29 is 13.9 Å². The molecule has 0 aliphatic heterocycles. The number of aromatic nitrogens is 5. The highest BCUT2D eigenvalue weighted by molar-refractivity contribution is 5.89. The molecule has 9 nitrogen and oxygen atoms in total. The zero-order valence-corrected chi connectivity index (χ0v) is 19.3. The summed E-state index contributed by atoms with van der Waals surface area (Å²) in [7, 11) is 4.79. The van der Waals surface area contributed by atoms with E-state index in [9.17, 15) is 9.18 Å². The highest BCUT2D eigenvalue weighted by atomic mass is 19.1. The number of hydrogen-bond donors (Lipinski definition) is 1. The first kappa shape index (κ1) is 22.1. The van der Waals surface area contributed by atoms with E-state index in [4.69, 9.17) is 4.74 Å².